The van der Waals surface area contributed by atoms with E-state index < -0.39 is 11.9 Å². The first-order valence-corrected chi connectivity index (χ1v) is 8.17. The minimum atomic E-state index is -0.490. The van der Waals surface area contributed by atoms with Gasteiger partial charge in [0.15, 0.2) is 0 Å². The lowest BCUT2D eigenvalue weighted by atomic mass is 10.1. The summed E-state index contributed by atoms with van der Waals surface area (Å²) in [6.07, 6.45) is 0.149. The van der Waals surface area contributed by atoms with E-state index in [2.05, 4.69) is 0 Å². The van der Waals surface area contributed by atoms with Crippen LogP contribution in [0.1, 0.15) is 17.5 Å². The van der Waals surface area contributed by atoms with Gasteiger partial charge < -0.3 is 9.64 Å². The van der Waals surface area contributed by atoms with Crippen molar-refractivity contribution in [3.8, 4) is 5.75 Å². The van der Waals surface area contributed by atoms with E-state index in [9.17, 15) is 9.59 Å². The van der Waals surface area contributed by atoms with Crippen LogP contribution in [0.5, 0.6) is 5.75 Å². The summed E-state index contributed by atoms with van der Waals surface area (Å²) in [5.74, 6) is -0.668. The summed E-state index contributed by atoms with van der Waals surface area (Å²) in [7, 11) is 0. The molecule has 1 heterocycles. The lowest BCUT2D eigenvalue weighted by Gasteiger charge is -2.18. The van der Waals surface area contributed by atoms with Gasteiger partial charge in [-0.2, -0.15) is 0 Å². The number of esters is 1. The molecule has 2 aromatic carbocycles. The molecule has 24 heavy (non-hydrogen) atoms. The van der Waals surface area contributed by atoms with Crippen LogP contribution in [0.4, 0.5) is 5.69 Å². The fourth-order valence-electron chi connectivity index (χ4n) is 2.73. The lowest BCUT2D eigenvalue weighted by Crippen LogP contribution is -2.27. The van der Waals surface area contributed by atoms with Gasteiger partial charge in [0.25, 0.3) is 0 Å². The largest absolute Gasteiger partial charge is 0.425 e. The molecule has 1 aliphatic rings. The quantitative estimate of drug-likeness (QED) is 0.627. The van der Waals surface area contributed by atoms with Crippen LogP contribution in [-0.4, -0.2) is 18.4 Å². The minimum absolute atomic E-state index is 0.0700. The van der Waals surface area contributed by atoms with Crippen LogP contribution < -0.4 is 9.64 Å². The summed E-state index contributed by atoms with van der Waals surface area (Å²) >= 11 is 6.01. The number of benzene rings is 2. The third kappa shape index (κ3) is 3.29. The van der Waals surface area contributed by atoms with Crippen LogP contribution in [0.2, 0.25) is 5.02 Å². The first-order valence-electron chi connectivity index (χ1n) is 7.79. The van der Waals surface area contributed by atoms with Crippen molar-refractivity contribution in [1.29, 1.82) is 0 Å². The normalized spacial score (nSPS) is 17.2. The second-order valence-corrected chi connectivity index (χ2v) is 6.43. The number of para-hydroxylation sites is 1. The van der Waals surface area contributed by atoms with Crippen LogP contribution in [0.3, 0.4) is 0 Å². The zero-order chi connectivity index (χ0) is 17.3. The molecule has 3 rings (SSSR count). The summed E-state index contributed by atoms with van der Waals surface area (Å²) in [5.41, 5.74) is 3.10. The molecule has 4 nitrogen and oxygen atoms in total. The highest BCUT2D eigenvalue weighted by molar-refractivity contribution is 6.32. The average Bonchev–Trinajstić information content (AvgIpc) is 2.94. The Morgan fingerprint density at radius 1 is 1.17 bits per heavy atom. The van der Waals surface area contributed by atoms with Gasteiger partial charge in [-0.25, -0.2) is 0 Å². The summed E-state index contributed by atoms with van der Waals surface area (Å²) < 4.78 is 5.35. The van der Waals surface area contributed by atoms with E-state index >= 15 is 0 Å². The number of ether oxygens (including phenoxy) is 1. The number of nitrogens with zero attached hydrogens (tertiary/aromatic N) is 1. The summed E-state index contributed by atoms with van der Waals surface area (Å²) in [6, 6.07) is 12.7. The van der Waals surface area contributed by atoms with Gasteiger partial charge in [-0.1, -0.05) is 29.8 Å². The highest BCUT2D eigenvalue weighted by Crippen LogP contribution is 2.29. The van der Waals surface area contributed by atoms with E-state index in [1.165, 1.54) is 5.56 Å². The molecule has 0 saturated carbocycles. The maximum Gasteiger partial charge on any atom is 0.316 e. The van der Waals surface area contributed by atoms with Gasteiger partial charge in [0.05, 0.1) is 10.9 Å². The Bertz CT molecular complexity index is 803. The predicted molar refractivity (Wildman–Crippen MR) is 93.5 cm³/mol. The second kappa shape index (κ2) is 6.65. The molecule has 5 heteroatoms. The first-order chi connectivity index (χ1) is 11.5. The Morgan fingerprint density at radius 2 is 1.92 bits per heavy atom. The average molecular weight is 344 g/mol. The Labute approximate surface area is 146 Å². The SMILES string of the molecule is Cc1ccc(N2C[C@@H](C(=O)Oc3ccccc3Cl)CC2=O)cc1C. The molecular formula is C19H18ClNO3. The zero-order valence-corrected chi connectivity index (χ0v) is 14.3. The van der Waals surface area contributed by atoms with Crippen molar-refractivity contribution in [2.24, 2.45) is 5.92 Å². The van der Waals surface area contributed by atoms with Crippen molar-refractivity contribution in [1.82, 2.24) is 0 Å². The fraction of sp³-hybridized carbons (Fsp3) is 0.263. The van der Waals surface area contributed by atoms with E-state index in [0.717, 1.165) is 11.3 Å². The number of hydrogen-bond acceptors (Lipinski definition) is 3. The molecule has 1 amide bonds. The van der Waals surface area contributed by atoms with Gasteiger partial charge in [-0.05, 0) is 49.2 Å². The lowest BCUT2D eigenvalue weighted by molar-refractivity contribution is -0.139. The predicted octanol–water partition coefficient (Wildman–Crippen LogP) is 3.92. The van der Waals surface area contributed by atoms with E-state index in [1.807, 2.05) is 32.0 Å². The third-order valence-corrected chi connectivity index (χ3v) is 4.62. The van der Waals surface area contributed by atoms with E-state index in [-0.39, 0.29) is 12.3 Å². The summed E-state index contributed by atoms with van der Waals surface area (Å²) in [6.45, 7) is 4.35. The van der Waals surface area contributed by atoms with Gasteiger partial charge in [-0.15, -0.1) is 0 Å². The van der Waals surface area contributed by atoms with Gasteiger partial charge >= 0.3 is 5.97 Å². The van der Waals surface area contributed by atoms with Crippen molar-refractivity contribution in [2.75, 3.05) is 11.4 Å². The molecule has 0 aliphatic carbocycles. The highest BCUT2D eigenvalue weighted by Gasteiger charge is 2.36. The topological polar surface area (TPSA) is 46.6 Å². The van der Waals surface area contributed by atoms with Crippen LogP contribution in [-0.2, 0) is 9.59 Å². The van der Waals surface area contributed by atoms with Crippen molar-refractivity contribution in [3.63, 3.8) is 0 Å². The molecule has 0 radical (unpaired) electrons. The first kappa shape index (κ1) is 16.5. The number of aryl methyl sites for hydroxylation is 2. The van der Waals surface area contributed by atoms with Gasteiger partial charge in [0, 0.05) is 18.7 Å². The number of anilines is 1. The fourth-order valence-corrected chi connectivity index (χ4v) is 2.90. The number of carbonyl (C=O) groups is 2. The molecular weight excluding hydrogens is 326 g/mol. The zero-order valence-electron chi connectivity index (χ0n) is 13.6. The minimum Gasteiger partial charge on any atom is -0.425 e. The molecule has 0 unspecified atom stereocenters. The smallest absolute Gasteiger partial charge is 0.316 e. The number of halogens is 1. The molecule has 124 valence electrons. The summed E-state index contributed by atoms with van der Waals surface area (Å²) in [5, 5.41) is 0.376. The van der Waals surface area contributed by atoms with Crippen molar-refractivity contribution < 1.29 is 14.3 Å². The van der Waals surface area contributed by atoms with Gasteiger partial charge in [-0.3, -0.25) is 9.59 Å². The van der Waals surface area contributed by atoms with Crippen molar-refractivity contribution >= 4 is 29.2 Å². The van der Waals surface area contributed by atoms with Crippen LogP contribution in [0.25, 0.3) is 0 Å². The standard InChI is InChI=1S/C19H18ClNO3/c1-12-7-8-15(9-13(12)2)21-11-14(10-18(21)22)19(23)24-17-6-4-3-5-16(17)20/h3-9,14H,10-11H2,1-2H3/t14-/m0/s1. The van der Waals surface area contributed by atoms with Gasteiger partial charge in [0.2, 0.25) is 5.91 Å². The molecule has 2 aromatic rings. The molecule has 1 atom stereocenters. The van der Waals surface area contributed by atoms with Crippen molar-refractivity contribution in [2.45, 2.75) is 20.3 Å². The van der Waals surface area contributed by atoms with E-state index in [4.69, 9.17) is 16.3 Å². The molecule has 0 aromatic heterocycles. The Kier molecular flexibility index (Phi) is 4.58. The monoisotopic (exact) mass is 343 g/mol. The number of amides is 1. The molecule has 0 spiro atoms. The van der Waals surface area contributed by atoms with Crippen LogP contribution >= 0.6 is 11.6 Å². The molecule has 1 aliphatic heterocycles. The highest BCUT2D eigenvalue weighted by atomic mass is 35.5. The molecule has 1 saturated heterocycles. The Morgan fingerprint density at radius 3 is 2.62 bits per heavy atom. The second-order valence-electron chi connectivity index (χ2n) is 6.03. The molecule has 0 N–H and O–H groups in total. The van der Waals surface area contributed by atoms with Gasteiger partial charge in [0.1, 0.15) is 5.75 Å². The maximum atomic E-state index is 12.4. The summed E-state index contributed by atoms with van der Waals surface area (Å²) in [4.78, 5) is 26.3. The molecule has 0 bridgehead atoms. The molecule has 1 fully saturated rings. The van der Waals surface area contributed by atoms with E-state index in [0.29, 0.717) is 17.3 Å². The maximum absolute atomic E-state index is 12.4. The number of rotatable bonds is 3. The third-order valence-electron chi connectivity index (χ3n) is 4.31. The van der Waals surface area contributed by atoms with E-state index in [1.54, 1.807) is 29.2 Å². The van der Waals surface area contributed by atoms with Crippen LogP contribution in [0, 0.1) is 19.8 Å². The number of hydrogen-bond donors (Lipinski definition) is 0. The van der Waals surface area contributed by atoms with Crippen LogP contribution in [0.15, 0.2) is 42.5 Å². The Balaban J connectivity index is 1.73. The number of carbonyl (C=O) groups excluding carboxylic acids is 2. The Hall–Kier alpha value is -2.33. The van der Waals surface area contributed by atoms with Crippen molar-refractivity contribution in [3.05, 3.63) is 58.6 Å².